The fraction of sp³-hybridized carbons (Fsp3) is 0.846. The van der Waals surface area contributed by atoms with Gasteiger partial charge in [0.05, 0.1) is 6.04 Å². The molecule has 0 spiro atoms. The molecule has 1 rings (SSSR count). The molecule has 0 bridgehead atoms. The lowest BCUT2D eigenvalue weighted by atomic mass is 9.76. The molecule has 0 heterocycles. The zero-order valence-corrected chi connectivity index (χ0v) is 11.5. The Bertz CT molecular complexity index is 311. The topological polar surface area (TPSA) is 78.4 Å². The van der Waals surface area contributed by atoms with Crippen LogP contribution in [0, 0.1) is 5.92 Å². The molecule has 0 aromatic carbocycles. The first-order valence-electron chi connectivity index (χ1n) is 6.66. The maximum Gasteiger partial charge on any atom is 0.323 e. The van der Waals surface area contributed by atoms with E-state index in [4.69, 9.17) is 5.11 Å². The third kappa shape index (κ3) is 3.70. The molecule has 5 nitrogen and oxygen atoms in total. The summed E-state index contributed by atoms with van der Waals surface area (Å²) in [6.45, 7) is 6.56. The van der Waals surface area contributed by atoms with Crippen LogP contribution >= 0.6 is 0 Å². The van der Waals surface area contributed by atoms with E-state index in [1.165, 1.54) is 0 Å². The van der Waals surface area contributed by atoms with Crippen molar-refractivity contribution in [1.82, 2.24) is 10.6 Å². The van der Waals surface area contributed by atoms with Gasteiger partial charge in [-0.3, -0.25) is 14.9 Å². The lowest BCUT2D eigenvalue weighted by Crippen LogP contribution is -2.62. The maximum absolute atomic E-state index is 11.8. The van der Waals surface area contributed by atoms with Crippen LogP contribution in [-0.2, 0) is 9.59 Å². The average Bonchev–Trinajstić information content (AvgIpc) is 2.21. The molecule has 0 aromatic heterocycles. The molecule has 0 saturated heterocycles. The van der Waals surface area contributed by atoms with Crippen molar-refractivity contribution in [2.75, 3.05) is 6.54 Å². The molecule has 1 fully saturated rings. The third-order valence-corrected chi connectivity index (χ3v) is 3.52. The predicted octanol–water partition coefficient (Wildman–Crippen LogP) is 1.13. The molecule has 1 saturated carbocycles. The first-order valence-corrected chi connectivity index (χ1v) is 6.66. The van der Waals surface area contributed by atoms with Gasteiger partial charge in [-0.05, 0) is 38.5 Å². The molecule has 1 atom stereocenters. The van der Waals surface area contributed by atoms with E-state index in [9.17, 15) is 9.59 Å². The molecular formula is C13H24N2O3. The van der Waals surface area contributed by atoms with E-state index in [0.717, 1.165) is 12.8 Å². The Hall–Kier alpha value is -1.10. The van der Waals surface area contributed by atoms with E-state index in [2.05, 4.69) is 24.5 Å². The molecule has 3 N–H and O–H groups in total. The van der Waals surface area contributed by atoms with Crippen LogP contribution in [0.1, 0.15) is 46.5 Å². The first-order chi connectivity index (χ1) is 8.37. The summed E-state index contributed by atoms with van der Waals surface area (Å²) in [5, 5.41) is 15.0. The van der Waals surface area contributed by atoms with Gasteiger partial charge in [0.15, 0.2) is 0 Å². The van der Waals surface area contributed by atoms with Gasteiger partial charge in [0.2, 0.25) is 5.91 Å². The Morgan fingerprint density at radius 3 is 2.28 bits per heavy atom. The largest absolute Gasteiger partial charge is 0.480 e. The minimum atomic E-state index is -0.880. The second-order valence-corrected chi connectivity index (χ2v) is 5.58. The molecular weight excluding hydrogens is 232 g/mol. The predicted molar refractivity (Wildman–Crippen MR) is 69.3 cm³/mol. The van der Waals surface area contributed by atoms with Gasteiger partial charge in [-0.2, -0.15) is 0 Å². The number of hydrogen-bond donors (Lipinski definition) is 3. The highest BCUT2D eigenvalue weighted by Crippen LogP contribution is 2.32. The minimum absolute atomic E-state index is 0.122. The Morgan fingerprint density at radius 2 is 1.89 bits per heavy atom. The highest BCUT2D eigenvalue weighted by molar-refractivity contribution is 5.84. The number of carbonyl (C=O) groups is 2. The molecule has 1 amide bonds. The standard InChI is InChI=1S/C13H24N2O3/c1-9(2)5-8-14-11(16)10(3)15-13(12(17)18)6-4-7-13/h9-10,15H,4-8H2,1-3H3,(H,14,16)(H,17,18). The van der Waals surface area contributed by atoms with Gasteiger partial charge < -0.3 is 10.4 Å². The van der Waals surface area contributed by atoms with Crippen LogP contribution in [0.25, 0.3) is 0 Å². The summed E-state index contributed by atoms with van der Waals surface area (Å²) in [6.07, 6.45) is 3.04. The Morgan fingerprint density at radius 1 is 1.28 bits per heavy atom. The second kappa shape index (κ2) is 6.18. The van der Waals surface area contributed by atoms with Crippen molar-refractivity contribution < 1.29 is 14.7 Å². The van der Waals surface area contributed by atoms with Crippen LogP contribution in [0.2, 0.25) is 0 Å². The van der Waals surface area contributed by atoms with Crippen molar-refractivity contribution in [3.8, 4) is 0 Å². The van der Waals surface area contributed by atoms with Crippen molar-refractivity contribution >= 4 is 11.9 Å². The SMILES string of the molecule is CC(C)CCNC(=O)C(C)NC1(C(=O)O)CCC1. The lowest BCUT2D eigenvalue weighted by Gasteiger charge is -2.40. The zero-order chi connectivity index (χ0) is 13.8. The van der Waals surface area contributed by atoms with Gasteiger partial charge in [-0.15, -0.1) is 0 Å². The van der Waals surface area contributed by atoms with Crippen molar-refractivity contribution in [2.24, 2.45) is 5.92 Å². The Labute approximate surface area is 108 Å². The number of hydrogen-bond acceptors (Lipinski definition) is 3. The third-order valence-electron chi connectivity index (χ3n) is 3.52. The highest BCUT2D eigenvalue weighted by atomic mass is 16.4. The minimum Gasteiger partial charge on any atom is -0.480 e. The van der Waals surface area contributed by atoms with Gasteiger partial charge in [0.25, 0.3) is 0 Å². The zero-order valence-electron chi connectivity index (χ0n) is 11.5. The number of amides is 1. The van der Waals surface area contributed by atoms with Crippen LogP contribution in [0.3, 0.4) is 0 Å². The lowest BCUT2D eigenvalue weighted by molar-refractivity contribution is -0.149. The van der Waals surface area contributed by atoms with Crippen LogP contribution in [0.15, 0.2) is 0 Å². The molecule has 1 aliphatic carbocycles. The summed E-state index contributed by atoms with van der Waals surface area (Å²) in [6, 6.07) is -0.464. The van der Waals surface area contributed by atoms with Gasteiger partial charge >= 0.3 is 5.97 Å². The van der Waals surface area contributed by atoms with E-state index in [1.54, 1.807) is 6.92 Å². The smallest absolute Gasteiger partial charge is 0.323 e. The quantitative estimate of drug-likeness (QED) is 0.638. The molecule has 5 heteroatoms. The fourth-order valence-corrected chi connectivity index (χ4v) is 2.07. The fourth-order valence-electron chi connectivity index (χ4n) is 2.07. The number of carboxylic acids is 1. The van der Waals surface area contributed by atoms with Crippen molar-refractivity contribution in [1.29, 1.82) is 0 Å². The van der Waals surface area contributed by atoms with Crippen LogP contribution in [-0.4, -0.2) is 35.1 Å². The van der Waals surface area contributed by atoms with E-state index >= 15 is 0 Å². The molecule has 1 unspecified atom stereocenters. The molecule has 0 aromatic rings. The molecule has 104 valence electrons. The Balaban J connectivity index is 2.37. The first kappa shape index (κ1) is 15.0. The summed E-state index contributed by atoms with van der Waals surface area (Å²) < 4.78 is 0. The summed E-state index contributed by atoms with van der Waals surface area (Å²) in [5.74, 6) is -0.427. The molecule has 0 aliphatic heterocycles. The van der Waals surface area contributed by atoms with E-state index in [-0.39, 0.29) is 5.91 Å². The van der Waals surface area contributed by atoms with E-state index < -0.39 is 17.6 Å². The van der Waals surface area contributed by atoms with Crippen LogP contribution in [0.4, 0.5) is 0 Å². The summed E-state index contributed by atoms with van der Waals surface area (Å²) in [4.78, 5) is 23.0. The molecule has 18 heavy (non-hydrogen) atoms. The number of rotatable bonds is 7. The van der Waals surface area contributed by atoms with Crippen LogP contribution in [0.5, 0.6) is 0 Å². The van der Waals surface area contributed by atoms with Crippen LogP contribution < -0.4 is 10.6 Å². The highest BCUT2D eigenvalue weighted by Gasteiger charge is 2.45. The number of carbonyl (C=O) groups excluding carboxylic acids is 1. The summed E-state index contributed by atoms with van der Waals surface area (Å²) in [5.41, 5.74) is -0.880. The number of aliphatic carboxylic acids is 1. The van der Waals surface area contributed by atoms with E-state index in [0.29, 0.717) is 25.3 Å². The van der Waals surface area contributed by atoms with Crippen molar-refractivity contribution in [3.05, 3.63) is 0 Å². The second-order valence-electron chi connectivity index (χ2n) is 5.58. The summed E-state index contributed by atoms with van der Waals surface area (Å²) >= 11 is 0. The van der Waals surface area contributed by atoms with E-state index in [1.807, 2.05) is 0 Å². The van der Waals surface area contributed by atoms with Gasteiger partial charge in [0.1, 0.15) is 5.54 Å². The monoisotopic (exact) mass is 256 g/mol. The number of carboxylic acid groups (broad SMARTS) is 1. The van der Waals surface area contributed by atoms with Gasteiger partial charge in [-0.1, -0.05) is 13.8 Å². The van der Waals surface area contributed by atoms with Gasteiger partial charge in [0, 0.05) is 6.54 Å². The average molecular weight is 256 g/mol. The molecule has 0 radical (unpaired) electrons. The van der Waals surface area contributed by atoms with Gasteiger partial charge in [-0.25, -0.2) is 0 Å². The number of nitrogens with one attached hydrogen (secondary N) is 2. The maximum atomic E-state index is 11.8. The molecule has 1 aliphatic rings. The van der Waals surface area contributed by atoms with Crippen molar-refractivity contribution in [3.63, 3.8) is 0 Å². The normalized spacial score (nSPS) is 19.1. The van der Waals surface area contributed by atoms with Crippen molar-refractivity contribution in [2.45, 2.75) is 58.0 Å². The Kier molecular flexibility index (Phi) is 5.14. The summed E-state index contributed by atoms with van der Waals surface area (Å²) in [7, 11) is 0.